The Morgan fingerprint density at radius 1 is 1.12 bits per heavy atom. The SMILES string of the molecule is COc1cccc(CNS(=O)(=O)c2ccc3c(c2)C(=O)C(=O)N3)c1. The second kappa shape index (κ2) is 6.06. The highest BCUT2D eigenvalue weighted by Gasteiger charge is 2.29. The Morgan fingerprint density at radius 3 is 2.67 bits per heavy atom. The van der Waals surface area contributed by atoms with Crippen LogP contribution in [0.2, 0.25) is 0 Å². The predicted octanol–water partition coefficient (Wildman–Crippen LogP) is 1.31. The molecule has 0 radical (unpaired) electrons. The number of anilines is 1. The van der Waals surface area contributed by atoms with Gasteiger partial charge in [-0.25, -0.2) is 13.1 Å². The molecule has 0 aromatic heterocycles. The van der Waals surface area contributed by atoms with Gasteiger partial charge in [0.25, 0.3) is 11.7 Å². The summed E-state index contributed by atoms with van der Waals surface area (Å²) in [6.45, 7) is 0.0712. The number of methoxy groups -OCH3 is 1. The molecule has 8 heteroatoms. The number of nitrogens with one attached hydrogen (secondary N) is 2. The summed E-state index contributed by atoms with van der Waals surface area (Å²) in [5, 5.41) is 2.38. The van der Waals surface area contributed by atoms with Crippen LogP contribution in [-0.4, -0.2) is 27.2 Å². The van der Waals surface area contributed by atoms with Crippen LogP contribution in [0, 0.1) is 0 Å². The zero-order valence-corrected chi connectivity index (χ0v) is 13.5. The molecular formula is C16H14N2O5S. The molecule has 0 aliphatic carbocycles. The number of hydrogen-bond acceptors (Lipinski definition) is 5. The molecular weight excluding hydrogens is 332 g/mol. The third kappa shape index (κ3) is 3.01. The van der Waals surface area contributed by atoms with E-state index in [2.05, 4.69) is 10.0 Å². The molecule has 24 heavy (non-hydrogen) atoms. The lowest BCUT2D eigenvalue weighted by molar-refractivity contribution is -0.112. The number of fused-ring (bicyclic) bond motifs is 1. The van der Waals surface area contributed by atoms with E-state index in [1.54, 1.807) is 24.3 Å². The molecule has 0 bridgehead atoms. The van der Waals surface area contributed by atoms with Crippen LogP contribution in [0.4, 0.5) is 5.69 Å². The number of ketones is 1. The number of amides is 1. The van der Waals surface area contributed by atoms with E-state index in [-0.39, 0.29) is 17.0 Å². The number of benzene rings is 2. The van der Waals surface area contributed by atoms with E-state index in [0.717, 1.165) is 5.56 Å². The summed E-state index contributed by atoms with van der Waals surface area (Å²) in [4.78, 5) is 22.9. The van der Waals surface area contributed by atoms with Gasteiger partial charge in [-0.2, -0.15) is 0 Å². The number of rotatable bonds is 5. The first-order valence-corrected chi connectivity index (χ1v) is 8.51. The molecule has 1 amide bonds. The van der Waals surface area contributed by atoms with Gasteiger partial charge in [0.1, 0.15) is 5.75 Å². The smallest absolute Gasteiger partial charge is 0.296 e. The average molecular weight is 346 g/mol. The van der Waals surface area contributed by atoms with Crippen molar-refractivity contribution in [1.82, 2.24) is 4.72 Å². The van der Waals surface area contributed by atoms with E-state index in [1.807, 2.05) is 0 Å². The molecule has 3 rings (SSSR count). The van der Waals surface area contributed by atoms with Crippen molar-refractivity contribution in [1.29, 1.82) is 0 Å². The minimum absolute atomic E-state index is 0.0595. The molecule has 2 N–H and O–H groups in total. The summed E-state index contributed by atoms with van der Waals surface area (Å²) in [5.74, 6) is -0.877. The van der Waals surface area contributed by atoms with Crippen molar-refractivity contribution >= 4 is 27.4 Å². The van der Waals surface area contributed by atoms with Crippen LogP contribution >= 0.6 is 0 Å². The molecule has 124 valence electrons. The van der Waals surface area contributed by atoms with Gasteiger partial charge in [0.15, 0.2) is 0 Å². The van der Waals surface area contributed by atoms with Crippen molar-refractivity contribution in [3.63, 3.8) is 0 Å². The monoisotopic (exact) mass is 346 g/mol. The lowest BCUT2D eigenvalue weighted by Crippen LogP contribution is -2.23. The predicted molar refractivity (Wildman–Crippen MR) is 86.4 cm³/mol. The first-order valence-electron chi connectivity index (χ1n) is 7.03. The van der Waals surface area contributed by atoms with E-state index in [1.165, 1.54) is 25.3 Å². The summed E-state index contributed by atoms with van der Waals surface area (Å²) in [6, 6.07) is 10.9. The van der Waals surface area contributed by atoms with E-state index < -0.39 is 21.7 Å². The standard InChI is InChI=1S/C16H14N2O5S/c1-23-11-4-2-3-10(7-11)9-17-24(21,22)12-5-6-14-13(8-12)15(19)16(20)18-14/h2-8,17H,9H2,1H3,(H,18,19,20). The molecule has 2 aromatic carbocycles. The van der Waals surface area contributed by atoms with Gasteiger partial charge in [-0.15, -0.1) is 0 Å². The van der Waals surface area contributed by atoms with Gasteiger partial charge < -0.3 is 10.1 Å². The molecule has 0 saturated carbocycles. The zero-order chi connectivity index (χ0) is 17.3. The maximum atomic E-state index is 12.4. The van der Waals surface area contributed by atoms with Crippen LogP contribution in [0.25, 0.3) is 0 Å². The molecule has 0 spiro atoms. The van der Waals surface area contributed by atoms with Crippen LogP contribution in [0.1, 0.15) is 15.9 Å². The van der Waals surface area contributed by atoms with Gasteiger partial charge in [0, 0.05) is 6.54 Å². The van der Waals surface area contributed by atoms with E-state index in [9.17, 15) is 18.0 Å². The Kier molecular flexibility index (Phi) is 4.08. The van der Waals surface area contributed by atoms with E-state index in [4.69, 9.17) is 4.74 Å². The molecule has 1 heterocycles. The molecule has 0 fully saturated rings. The molecule has 0 saturated heterocycles. The molecule has 2 aromatic rings. The van der Waals surface area contributed by atoms with Crippen molar-refractivity contribution in [3.8, 4) is 5.75 Å². The van der Waals surface area contributed by atoms with Gasteiger partial charge in [0.05, 0.1) is 23.3 Å². The Bertz CT molecular complexity index is 937. The lowest BCUT2D eigenvalue weighted by atomic mass is 10.1. The second-order valence-corrected chi connectivity index (χ2v) is 6.93. The third-order valence-electron chi connectivity index (χ3n) is 3.60. The van der Waals surface area contributed by atoms with E-state index in [0.29, 0.717) is 11.4 Å². The van der Waals surface area contributed by atoms with Crippen LogP contribution in [0.5, 0.6) is 5.75 Å². The molecule has 0 atom stereocenters. The maximum Gasteiger partial charge on any atom is 0.296 e. The van der Waals surface area contributed by atoms with Gasteiger partial charge in [-0.05, 0) is 35.9 Å². The zero-order valence-electron chi connectivity index (χ0n) is 12.7. The van der Waals surface area contributed by atoms with Crippen molar-refractivity contribution in [2.75, 3.05) is 12.4 Å². The fraction of sp³-hybridized carbons (Fsp3) is 0.125. The fourth-order valence-corrected chi connectivity index (χ4v) is 3.38. The first kappa shape index (κ1) is 16.2. The largest absolute Gasteiger partial charge is 0.497 e. The minimum Gasteiger partial charge on any atom is -0.497 e. The Morgan fingerprint density at radius 2 is 1.92 bits per heavy atom. The van der Waals surface area contributed by atoms with Gasteiger partial charge in [-0.1, -0.05) is 12.1 Å². The van der Waals surface area contributed by atoms with Crippen LogP contribution in [-0.2, 0) is 21.4 Å². The van der Waals surface area contributed by atoms with Crippen molar-refractivity contribution in [2.24, 2.45) is 0 Å². The summed E-state index contributed by atoms with van der Waals surface area (Å²) in [6.07, 6.45) is 0. The van der Waals surface area contributed by atoms with Crippen LogP contribution < -0.4 is 14.8 Å². The van der Waals surface area contributed by atoms with Crippen molar-refractivity contribution < 1.29 is 22.7 Å². The highest BCUT2D eigenvalue weighted by molar-refractivity contribution is 7.89. The number of Topliss-reactive ketones (excluding diaryl/α,β-unsaturated/α-hetero) is 1. The summed E-state index contributed by atoms with van der Waals surface area (Å²) in [7, 11) is -2.29. The molecule has 7 nitrogen and oxygen atoms in total. The number of ether oxygens (including phenoxy) is 1. The minimum atomic E-state index is -3.82. The lowest BCUT2D eigenvalue weighted by Gasteiger charge is -2.09. The third-order valence-corrected chi connectivity index (χ3v) is 5.00. The number of carbonyl (C=O) groups excluding carboxylic acids is 2. The summed E-state index contributed by atoms with van der Waals surface area (Å²) >= 11 is 0. The highest BCUT2D eigenvalue weighted by Crippen LogP contribution is 2.26. The average Bonchev–Trinajstić information content (AvgIpc) is 2.87. The van der Waals surface area contributed by atoms with Gasteiger partial charge in [0.2, 0.25) is 10.0 Å². The first-order chi connectivity index (χ1) is 11.4. The number of sulfonamides is 1. The highest BCUT2D eigenvalue weighted by atomic mass is 32.2. The van der Waals surface area contributed by atoms with E-state index >= 15 is 0 Å². The Balaban J connectivity index is 1.81. The number of carbonyl (C=O) groups is 2. The van der Waals surface area contributed by atoms with Gasteiger partial charge >= 0.3 is 0 Å². The topological polar surface area (TPSA) is 102 Å². The van der Waals surface area contributed by atoms with Crippen LogP contribution in [0.3, 0.4) is 0 Å². The molecule has 1 aliphatic rings. The number of hydrogen-bond donors (Lipinski definition) is 2. The maximum absolute atomic E-state index is 12.4. The van der Waals surface area contributed by atoms with Crippen molar-refractivity contribution in [2.45, 2.75) is 11.4 Å². The fourth-order valence-electron chi connectivity index (χ4n) is 2.33. The quantitative estimate of drug-likeness (QED) is 0.795. The normalized spacial score (nSPS) is 13.5. The second-order valence-electron chi connectivity index (χ2n) is 5.17. The molecule has 1 aliphatic heterocycles. The molecule has 0 unspecified atom stereocenters. The van der Waals surface area contributed by atoms with Gasteiger partial charge in [-0.3, -0.25) is 9.59 Å². The Hall–Kier alpha value is -2.71. The Labute approximate surface area is 138 Å². The summed E-state index contributed by atoms with van der Waals surface area (Å²) < 4.78 is 32.3. The van der Waals surface area contributed by atoms with Crippen molar-refractivity contribution in [3.05, 3.63) is 53.6 Å². The summed E-state index contributed by atoms with van der Waals surface area (Å²) in [5.41, 5.74) is 1.10. The van der Waals surface area contributed by atoms with Crippen LogP contribution in [0.15, 0.2) is 47.4 Å².